The number of nitrogens with one attached hydrogen (secondary N) is 1. The van der Waals surface area contributed by atoms with Gasteiger partial charge in [0.15, 0.2) is 0 Å². The highest BCUT2D eigenvalue weighted by molar-refractivity contribution is 8.05. The molecular formula is C18H18F9NO11S3. The summed E-state index contributed by atoms with van der Waals surface area (Å²) in [7, 11) is -22.7. The number of halogens is 9. The van der Waals surface area contributed by atoms with Gasteiger partial charge in [-0.3, -0.25) is 4.79 Å². The number of benzene rings is 1. The van der Waals surface area contributed by atoms with E-state index < -0.39 is 92.0 Å². The number of carbonyl (C=O) groups excluding carboxylic acids is 2. The predicted octanol–water partition coefficient (Wildman–Crippen LogP) is 2.73. The number of esters is 2. The number of rotatable bonds is 14. The van der Waals surface area contributed by atoms with Crippen molar-refractivity contribution in [2.24, 2.45) is 5.92 Å². The molecular weight excluding hydrogens is 673 g/mol. The van der Waals surface area contributed by atoms with Crippen molar-refractivity contribution >= 4 is 42.1 Å². The maximum absolute atomic E-state index is 14.2. The molecule has 24 heteroatoms. The van der Waals surface area contributed by atoms with Gasteiger partial charge in [-0.25, -0.2) is 21.6 Å². The predicted molar refractivity (Wildman–Crippen MR) is 119 cm³/mol. The van der Waals surface area contributed by atoms with Crippen LogP contribution < -0.4 is 8.31 Å². The molecule has 0 fully saturated rings. The molecule has 0 aromatic heterocycles. The van der Waals surface area contributed by atoms with E-state index in [2.05, 4.69) is 4.18 Å². The lowest BCUT2D eigenvalue weighted by Crippen LogP contribution is -2.64. The van der Waals surface area contributed by atoms with Crippen LogP contribution in [0, 0.1) is 5.92 Å². The van der Waals surface area contributed by atoms with Crippen LogP contribution in [0.1, 0.15) is 30.6 Å². The average molecular weight is 692 g/mol. The second-order valence-corrected chi connectivity index (χ2v) is 13.1. The molecule has 0 bridgehead atoms. The van der Waals surface area contributed by atoms with Crippen molar-refractivity contribution in [2.45, 2.75) is 42.2 Å². The first-order chi connectivity index (χ1) is 18.7. The molecule has 0 saturated carbocycles. The minimum atomic E-state index is -7.93. The summed E-state index contributed by atoms with van der Waals surface area (Å²) in [5.41, 5.74) is -7.17. The lowest BCUT2D eigenvalue weighted by molar-refractivity contribution is -0.245. The largest absolute Gasteiger partial charge is 0.512 e. The molecule has 1 aromatic carbocycles. The minimum Gasteiger partial charge on any atom is -0.462 e. The molecule has 0 heterocycles. The van der Waals surface area contributed by atoms with Gasteiger partial charge in [0.1, 0.15) is 19.0 Å². The molecule has 0 radical (unpaired) electrons. The van der Waals surface area contributed by atoms with Gasteiger partial charge >= 0.3 is 54.0 Å². The van der Waals surface area contributed by atoms with E-state index in [1.807, 2.05) is 0 Å². The van der Waals surface area contributed by atoms with Gasteiger partial charge in [0.25, 0.3) is 10.0 Å². The molecule has 0 saturated heterocycles. The van der Waals surface area contributed by atoms with Crippen LogP contribution >= 0.6 is 0 Å². The van der Waals surface area contributed by atoms with Crippen molar-refractivity contribution in [3.8, 4) is 5.75 Å². The van der Waals surface area contributed by atoms with Crippen molar-refractivity contribution in [2.75, 3.05) is 13.2 Å². The van der Waals surface area contributed by atoms with E-state index in [0.717, 1.165) is 0 Å². The number of hydrogen-bond donors (Lipinski definition) is 1. The first-order valence-electron chi connectivity index (χ1n) is 10.5. The van der Waals surface area contributed by atoms with Crippen molar-refractivity contribution in [1.82, 2.24) is 4.13 Å². The topological polar surface area (TPSA) is 176 Å². The van der Waals surface area contributed by atoms with Crippen LogP contribution in [0.3, 0.4) is 0 Å². The zero-order chi connectivity index (χ0) is 33.2. The standard InChI is InChI=1S/C18H18F9NO11S3/c1-3-10(2)13(29)37-8-9-38-14(30)11-4-6-12(7-5-11)39-42(35,36)17(23,24)15(19,20)16(21,22)40(31,32)28-41(33,34)18(25,26)27/h4-7,10,28H,3,8-9H2,1-2H3. The summed E-state index contributed by atoms with van der Waals surface area (Å²) in [5.74, 6) is -11.2. The third kappa shape index (κ3) is 7.55. The van der Waals surface area contributed by atoms with E-state index >= 15 is 0 Å². The van der Waals surface area contributed by atoms with E-state index in [4.69, 9.17) is 9.47 Å². The normalized spacial score (nSPS) is 14.6. The maximum Gasteiger partial charge on any atom is 0.512 e. The zero-order valence-electron chi connectivity index (χ0n) is 20.6. The van der Waals surface area contributed by atoms with Gasteiger partial charge in [-0.1, -0.05) is 18.0 Å². The quantitative estimate of drug-likeness (QED) is 0.131. The maximum atomic E-state index is 14.2. The molecule has 1 atom stereocenters. The summed E-state index contributed by atoms with van der Waals surface area (Å²) >= 11 is 0. The molecule has 42 heavy (non-hydrogen) atoms. The van der Waals surface area contributed by atoms with Gasteiger partial charge in [-0.2, -0.15) is 47.9 Å². The number of sulfonamides is 2. The highest BCUT2D eigenvalue weighted by Gasteiger charge is 2.83. The van der Waals surface area contributed by atoms with Gasteiger partial charge in [0, 0.05) is 0 Å². The first kappa shape index (κ1) is 37.2. The Kier molecular flexibility index (Phi) is 11.0. The summed E-state index contributed by atoms with van der Waals surface area (Å²) in [4.78, 5) is 23.4. The van der Waals surface area contributed by atoms with Crippen molar-refractivity contribution in [3.63, 3.8) is 0 Å². The molecule has 1 N–H and O–H groups in total. The number of alkyl halides is 9. The fourth-order valence-electron chi connectivity index (χ4n) is 2.23. The Morgan fingerprint density at radius 1 is 0.786 bits per heavy atom. The second-order valence-electron chi connectivity index (χ2n) is 7.82. The summed E-state index contributed by atoms with van der Waals surface area (Å²) in [5, 5.41) is -14.8. The van der Waals surface area contributed by atoms with E-state index in [1.165, 1.54) is 0 Å². The molecule has 242 valence electrons. The molecule has 1 rings (SSSR count). The van der Waals surface area contributed by atoms with Crippen molar-refractivity contribution in [3.05, 3.63) is 29.8 Å². The first-order valence-corrected chi connectivity index (χ1v) is 14.9. The van der Waals surface area contributed by atoms with Crippen molar-refractivity contribution in [1.29, 1.82) is 0 Å². The SMILES string of the molecule is CCC(C)C(=O)OCCOC(=O)c1ccc(OS(=O)(=O)C(F)(F)C(F)(F)C(F)(F)S(=O)(=O)NS(=O)(=O)C(F)(F)F)cc1. The van der Waals surface area contributed by atoms with Gasteiger partial charge in [0.05, 0.1) is 11.5 Å². The summed E-state index contributed by atoms with van der Waals surface area (Å²) in [6, 6.07) is 1.88. The molecule has 1 unspecified atom stereocenters. The number of ether oxygens (including phenoxy) is 2. The fraction of sp³-hybridized carbons (Fsp3) is 0.556. The van der Waals surface area contributed by atoms with Crippen LogP contribution in [0.15, 0.2) is 24.3 Å². The van der Waals surface area contributed by atoms with Crippen LogP contribution in [0.25, 0.3) is 0 Å². The minimum absolute atomic E-state index is 0.345. The number of carbonyl (C=O) groups is 2. The smallest absolute Gasteiger partial charge is 0.462 e. The van der Waals surface area contributed by atoms with Crippen LogP contribution in [0.4, 0.5) is 39.5 Å². The lowest BCUT2D eigenvalue weighted by atomic mass is 10.1. The Morgan fingerprint density at radius 2 is 1.26 bits per heavy atom. The molecule has 1 aromatic rings. The van der Waals surface area contributed by atoms with E-state index in [-0.39, 0.29) is 6.61 Å². The fourth-order valence-corrected chi connectivity index (χ4v) is 5.63. The second kappa shape index (κ2) is 12.4. The van der Waals surface area contributed by atoms with Gasteiger partial charge < -0.3 is 13.7 Å². The third-order valence-corrected chi connectivity index (χ3v) is 9.37. The van der Waals surface area contributed by atoms with E-state index in [1.54, 1.807) is 13.8 Å². The molecule has 0 spiro atoms. The molecule has 0 amide bonds. The molecule has 0 aliphatic heterocycles. The molecule has 12 nitrogen and oxygen atoms in total. The van der Waals surface area contributed by atoms with Crippen molar-refractivity contribution < 1.29 is 88.0 Å². The molecule has 0 aliphatic rings. The summed E-state index contributed by atoms with van der Waals surface area (Å²) in [6.45, 7) is 2.40. The van der Waals surface area contributed by atoms with Crippen LogP contribution in [0.5, 0.6) is 5.75 Å². The monoisotopic (exact) mass is 691 g/mol. The zero-order valence-corrected chi connectivity index (χ0v) is 23.1. The third-order valence-electron chi connectivity index (χ3n) is 4.78. The molecule has 0 aliphatic carbocycles. The Balaban J connectivity index is 3.11. The number of hydrogen-bond acceptors (Lipinski definition) is 11. The van der Waals surface area contributed by atoms with Crippen LogP contribution in [-0.4, -0.2) is 72.3 Å². The lowest BCUT2D eigenvalue weighted by Gasteiger charge is -2.31. The van der Waals surface area contributed by atoms with E-state index in [9.17, 15) is 74.4 Å². The van der Waals surface area contributed by atoms with E-state index in [0.29, 0.717) is 30.7 Å². The summed E-state index contributed by atoms with van der Waals surface area (Å²) in [6.07, 6.45) is 0.456. The Morgan fingerprint density at radius 3 is 1.71 bits per heavy atom. The van der Waals surface area contributed by atoms with Gasteiger partial charge in [0.2, 0.25) is 0 Å². The highest BCUT2D eigenvalue weighted by atomic mass is 32.3. The van der Waals surface area contributed by atoms with Gasteiger partial charge in [-0.15, -0.1) is 0 Å². The Labute approximate surface area is 231 Å². The van der Waals surface area contributed by atoms with Crippen LogP contribution in [0.2, 0.25) is 0 Å². The average Bonchev–Trinajstić information content (AvgIpc) is 2.84. The highest BCUT2D eigenvalue weighted by Crippen LogP contribution is 2.51. The Hall–Kier alpha value is -2.86. The summed E-state index contributed by atoms with van der Waals surface area (Å²) < 4.78 is 201. The Bertz CT molecular complexity index is 1480. The van der Waals surface area contributed by atoms with Crippen LogP contribution in [-0.2, 0) is 44.4 Å². The van der Waals surface area contributed by atoms with Gasteiger partial charge in [-0.05, 0) is 30.7 Å².